The Bertz CT molecular complexity index is 792. The number of halogens is 2. The maximum atomic E-state index is 12.2. The summed E-state index contributed by atoms with van der Waals surface area (Å²) in [6.07, 6.45) is 0. The van der Waals surface area contributed by atoms with Crippen LogP contribution in [0.2, 0.25) is 10.0 Å². The molecular formula is C16H11Cl2NO4. The highest BCUT2D eigenvalue weighted by atomic mass is 35.5. The average molecular weight is 352 g/mol. The molecule has 0 saturated heterocycles. The van der Waals surface area contributed by atoms with E-state index in [0.717, 1.165) is 0 Å². The van der Waals surface area contributed by atoms with Gasteiger partial charge in [-0.1, -0.05) is 29.3 Å². The van der Waals surface area contributed by atoms with Crippen molar-refractivity contribution in [3.05, 3.63) is 52.0 Å². The fourth-order valence-electron chi connectivity index (χ4n) is 2.08. The highest BCUT2D eigenvalue weighted by Gasteiger charge is 2.18. The molecule has 0 saturated carbocycles. The van der Waals surface area contributed by atoms with E-state index in [0.29, 0.717) is 27.8 Å². The van der Waals surface area contributed by atoms with Gasteiger partial charge in [0.15, 0.2) is 19.0 Å². The second-order valence-corrected chi connectivity index (χ2v) is 5.60. The maximum absolute atomic E-state index is 12.2. The smallest absolute Gasteiger partial charge is 0.262 e. The average Bonchev–Trinajstić information content (AvgIpc) is 2.55. The van der Waals surface area contributed by atoms with E-state index < -0.39 is 0 Å². The lowest BCUT2D eigenvalue weighted by atomic mass is 10.1. The van der Waals surface area contributed by atoms with Crippen molar-refractivity contribution in [2.75, 3.05) is 18.5 Å². The maximum Gasteiger partial charge on any atom is 0.262 e. The fraction of sp³-hybridized carbons (Fsp3) is 0.125. The zero-order chi connectivity index (χ0) is 16.4. The van der Waals surface area contributed by atoms with Crippen molar-refractivity contribution in [3.63, 3.8) is 0 Å². The summed E-state index contributed by atoms with van der Waals surface area (Å²) >= 11 is 11.9. The molecule has 0 aliphatic carbocycles. The van der Waals surface area contributed by atoms with Crippen molar-refractivity contribution in [3.8, 4) is 11.5 Å². The Balaban J connectivity index is 1.72. The van der Waals surface area contributed by atoms with E-state index in [4.69, 9.17) is 32.7 Å². The summed E-state index contributed by atoms with van der Waals surface area (Å²) in [6, 6.07) is 9.74. The lowest BCUT2D eigenvalue weighted by Crippen LogP contribution is -2.25. The molecule has 0 aromatic heterocycles. The second-order valence-electron chi connectivity index (χ2n) is 4.81. The highest BCUT2D eigenvalue weighted by Crippen LogP contribution is 2.32. The summed E-state index contributed by atoms with van der Waals surface area (Å²) in [7, 11) is 0. The number of ketones is 1. The Kier molecular flexibility index (Phi) is 4.41. The lowest BCUT2D eigenvalue weighted by Gasteiger charge is -2.18. The molecule has 0 bridgehead atoms. The number of carbonyl (C=O) groups is 2. The predicted molar refractivity (Wildman–Crippen MR) is 86.9 cm³/mol. The third-order valence-electron chi connectivity index (χ3n) is 3.21. The first-order chi connectivity index (χ1) is 11.0. The topological polar surface area (TPSA) is 64.6 Å². The van der Waals surface area contributed by atoms with Crippen LogP contribution in [-0.4, -0.2) is 24.9 Å². The second kappa shape index (κ2) is 6.48. The van der Waals surface area contributed by atoms with Crippen LogP contribution in [0.15, 0.2) is 36.4 Å². The van der Waals surface area contributed by atoms with Crippen LogP contribution in [0.25, 0.3) is 0 Å². The molecule has 1 aliphatic rings. The van der Waals surface area contributed by atoms with Gasteiger partial charge < -0.3 is 14.8 Å². The molecule has 3 rings (SSSR count). The van der Waals surface area contributed by atoms with E-state index in [2.05, 4.69) is 5.32 Å². The van der Waals surface area contributed by atoms with Gasteiger partial charge in [0.05, 0.1) is 10.7 Å². The molecule has 2 aromatic carbocycles. The molecule has 1 aliphatic heterocycles. The third kappa shape index (κ3) is 3.41. The van der Waals surface area contributed by atoms with Gasteiger partial charge in [0, 0.05) is 5.56 Å². The van der Waals surface area contributed by atoms with Crippen molar-refractivity contribution in [1.29, 1.82) is 0 Å². The first-order valence-electron chi connectivity index (χ1n) is 6.71. The minimum atomic E-state index is -0.260. The number of Topliss-reactive ketones (excluding diaryl/α,β-unsaturated/α-hetero) is 1. The highest BCUT2D eigenvalue weighted by molar-refractivity contribution is 6.42. The Labute approximate surface area is 142 Å². The number of amides is 1. The van der Waals surface area contributed by atoms with E-state index in [1.54, 1.807) is 36.4 Å². The minimum absolute atomic E-state index is 0.0311. The molecule has 7 heteroatoms. The van der Waals surface area contributed by atoms with Gasteiger partial charge in [-0.15, -0.1) is 0 Å². The van der Waals surface area contributed by atoms with Crippen LogP contribution in [0.3, 0.4) is 0 Å². The largest absolute Gasteiger partial charge is 0.484 e. The first kappa shape index (κ1) is 15.6. The van der Waals surface area contributed by atoms with Crippen LogP contribution >= 0.6 is 23.2 Å². The van der Waals surface area contributed by atoms with Crippen molar-refractivity contribution in [1.82, 2.24) is 0 Å². The van der Waals surface area contributed by atoms with Crippen LogP contribution < -0.4 is 14.8 Å². The van der Waals surface area contributed by atoms with Crippen molar-refractivity contribution >= 4 is 40.6 Å². The van der Waals surface area contributed by atoms with E-state index in [9.17, 15) is 9.59 Å². The van der Waals surface area contributed by atoms with Gasteiger partial charge in [-0.3, -0.25) is 9.59 Å². The normalized spacial score (nSPS) is 12.9. The molecule has 0 atom stereocenters. The van der Waals surface area contributed by atoms with Crippen LogP contribution in [0.1, 0.15) is 10.4 Å². The fourth-order valence-corrected chi connectivity index (χ4v) is 2.43. The number of rotatable bonds is 4. The van der Waals surface area contributed by atoms with Crippen LogP contribution in [-0.2, 0) is 4.79 Å². The molecule has 0 fully saturated rings. The molecule has 1 heterocycles. The Hall–Kier alpha value is -2.24. The minimum Gasteiger partial charge on any atom is -0.484 e. The zero-order valence-corrected chi connectivity index (χ0v) is 13.3. The molecule has 0 unspecified atom stereocenters. The predicted octanol–water partition coefficient (Wildman–Crippen LogP) is 3.59. The van der Waals surface area contributed by atoms with Gasteiger partial charge in [0.2, 0.25) is 0 Å². The van der Waals surface area contributed by atoms with Gasteiger partial charge in [-0.05, 0) is 30.3 Å². The van der Waals surface area contributed by atoms with Crippen LogP contribution in [0.4, 0.5) is 5.69 Å². The number of ether oxygens (including phenoxy) is 2. The molecule has 0 spiro atoms. The summed E-state index contributed by atoms with van der Waals surface area (Å²) in [5, 5.41) is 3.26. The van der Waals surface area contributed by atoms with Gasteiger partial charge in [-0.2, -0.15) is 0 Å². The van der Waals surface area contributed by atoms with Gasteiger partial charge >= 0.3 is 0 Å². The first-order valence-corrected chi connectivity index (χ1v) is 7.47. The van der Waals surface area contributed by atoms with E-state index >= 15 is 0 Å². The van der Waals surface area contributed by atoms with E-state index in [-0.39, 0.29) is 29.9 Å². The molecule has 5 nitrogen and oxygen atoms in total. The quantitative estimate of drug-likeness (QED) is 0.855. The Morgan fingerprint density at radius 2 is 2.09 bits per heavy atom. The summed E-state index contributed by atoms with van der Waals surface area (Å²) in [5.41, 5.74) is 0.862. The molecule has 118 valence electrons. The summed E-state index contributed by atoms with van der Waals surface area (Å²) in [5.74, 6) is 0.342. The monoisotopic (exact) mass is 351 g/mol. The Morgan fingerprint density at radius 3 is 2.91 bits per heavy atom. The van der Waals surface area contributed by atoms with Gasteiger partial charge in [0.1, 0.15) is 16.5 Å². The molecule has 1 amide bonds. The lowest BCUT2D eigenvalue weighted by molar-refractivity contribution is -0.118. The van der Waals surface area contributed by atoms with Crippen LogP contribution in [0.5, 0.6) is 11.5 Å². The van der Waals surface area contributed by atoms with Gasteiger partial charge in [-0.25, -0.2) is 0 Å². The van der Waals surface area contributed by atoms with Crippen molar-refractivity contribution < 1.29 is 19.1 Å². The third-order valence-corrected chi connectivity index (χ3v) is 4.01. The number of hydrogen-bond acceptors (Lipinski definition) is 4. The standard InChI is InChI=1S/C16H11Cl2NO4/c17-10-2-1-3-14(16(10)18)22-7-12(20)9-4-5-13-11(6-9)19-15(21)8-23-13/h1-6H,7-8H2,(H,19,21). The number of carbonyl (C=O) groups excluding carboxylic acids is 2. The molecule has 0 radical (unpaired) electrons. The van der Waals surface area contributed by atoms with Crippen molar-refractivity contribution in [2.24, 2.45) is 0 Å². The van der Waals surface area contributed by atoms with Crippen molar-refractivity contribution in [2.45, 2.75) is 0 Å². The number of nitrogens with one attached hydrogen (secondary N) is 1. The number of benzene rings is 2. The molecule has 1 N–H and O–H groups in total. The van der Waals surface area contributed by atoms with Crippen LogP contribution in [0, 0.1) is 0 Å². The van der Waals surface area contributed by atoms with E-state index in [1.165, 1.54) is 0 Å². The number of fused-ring (bicyclic) bond motifs is 1. The molecule has 23 heavy (non-hydrogen) atoms. The summed E-state index contributed by atoms with van der Waals surface area (Å²) in [6.45, 7) is -0.232. The van der Waals surface area contributed by atoms with Gasteiger partial charge in [0.25, 0.3) is 5.91 Å². The summed E-state index contributed by atoms with van der Waals surface area (Å²) in [4.78, 5) is 23.5. The molecular weight excluding hydrogens is 341 g/mol. The van der Waals surface area contributed by atoms with E-state index in [1.807, 2.05) is 0 Å². The number of hydrogen-bond donors (Lipinski definition) is 1. The molecule has 2 aromatic rings. The number of anilines is 1. The SMILES string of the molecule is O=C1COc2ccc(C(=O)COc3cccc(Cl)c3Cl)cc2N1. The zero-order valence-electron chi connectivity index (χ0n) is 11.8. The Morgan fingerprint density at radius 1 is 1.26 bits per heavy atom. The summed E-state index contributed by atoms with van der Waals surface area (Å²) < 4.78 is 10.7.